The molecule has 0 saturated heterocycles. The molecule has 0 fully saturated rings. The topological polar surface area (TPSA) is 0 Å². The molecule has 0 heteroatoms. The van der Waals surface area contributed by atoms with Crippen molar-refractivity contribution < 1.29 is 0 Å². The monoisotopic (exact) mass is 268 g/mol. The molecule has 0 aliphatic rings. The van der Waals surface area contributed by atoms with Gasteiger partial charge in [0.05, 0.1) is 0 Å². The summed E-state index contributed by atoms with van der Waals surface area (Å²) in [4.78, 5) is 0. The predicted octanol–water partition coefficient (Wildman–Crippen LogP) is 7.08. The van der Waals surface area contributed by atoms with Crippen LogP contribution in [0.5, 0.6) is 0 Å². The second kappa shape index (κ2) is 8.32. The normalized spacial score (nSPS) is 16.4. The van der Waals surface area contributed by atoms with E-state index in [-0.39, 0.29) is 0 Å². The van der Waals surface area contributed by atoms with Gasteiger partial charge in [-0.25, -0.2) is 0 Å². The molecule has 0 aliphatic carbocycles. The molecule has 0 aromatic carbocycles. The Kier molecular flexibility index (Phi) is 8.32. The lowest BCUT2D eigenvalue weighted by Gasteiger charge is -2.40. The molecule has 0 rings (SSSR count). The first-order valence-corrected chi connectivity index (χ1v) is 8.64. The zero-order chi connectivity index (χ0) is 15.1. The van der Waals surface area contributed by atoms with E-state index < -0.39 is 0 Å². The molecule has 0 heterocycles. The summed E-state index contributed by atoms with van der Waals surface area (Å²) in [6, 6.07) is 0. The van der Waals surface area contributed by atoms with Gasteiger partial charge in [0.1, 0.15) is 0 Å². The van der Waals surface area contributed by atoms with Gasteiger partial charge >= 0.3 is 0 Å². The second-order valence-electron chi connectivity index (χ2n) is 8.42. The molecular formula is C19H40. The van der Waals surface area contributed by atoms with Gasteiger partial charge in [0.25, 0.3) is 0 Å². The van der Waals surface area contributed by atoms with Gasteiger partial charge in [-0.3, -0.25) is 0 Å². The van der Waals surface area contributed by atoms with E-state index >= 15 is 0 Å². The van der Waals surface area contributed by atoms with Crippen LogP contribution in [0.3, 0.4) is 0 Å². The number of rotatable bonds is 10. The highest BCUT2D eigenvalue weighted by Gasteiger charge is 2.32. The van der Waals surface area contributed by atoms with E-state index in [9.17, 15) is 0 Å². The molecule has 0 aromatic rings. The molecule has 0 spiro atoms. The SMILES string of the molecule is CCCCC(C)C(C)(C)CC(C)(C)CCC(C)CC. The summed E-state index contributed by atoms with van der Waals surface area (Å²) in [5.41, 5.74) is 0.974. The van der Waals surface area contributed by atoms with Gasteiger partial charge in [-0.15, -0.1) is 0 Å². The summed E-state index contributed by atoms with van der Waals surface area (Å²) >= 11 is 0. The lowest BCUT2D eigenvalue weighted by Crippen LogP contribution is -2.29. The van der Waals surface area contributed by atoms with Crippen molar-refractivity contribution in [1.82, 2.24) is 0 Å². The first kappa shape index (κ1) is 19.0. The van der Waals surface area contributed by atoms with E-state index in [2.05, 4.69) is 55.4 Å². The van der Waals surface area contributed by atoms with Crippen LogP contribution in [0.15, 0.2) is 0 Å². The molecule has 0 aliphatic heterocycles. The van der Waals surface area contributed by atoms with E-state index in [0.29, 0.717) is 10.8 Å². The largest absolute Gasteiger partial charge is 0.0654 e. The smallest absolute Gasteiger partial charge is 0.0323 e. The summed E-state index contributed by atoms with van der Waals surface area (Å²) in [6.07, 6.45) is 9.57. The lowest BCUT2D eigenvalue weighted by molar-refractivity contribution is 0.111. The van der Waals surface area contributed by atoms with Crippen LogP contribution in [0, 0.1) is 22.7 Å². The van der Waals surface area contributed by atoms with Crippen molar-refractivity contribution in [2.75, 3.05) is 0 Å². The van der Waals surface area contributed by atoms with Crippen LogP contribution >= 0.6 is 0 Å². The Balaban J connectivity index is 4.35. The van der Waals surface area contributed by atoms with Crippen molar-refractivity contribution in [3.63, 3.8) is 0 Å². The Morgan fingerprint density at radius 1 is 0.895 bits per heavy atom. The minimum Gasteiger partial charge on any atom is -0.0654 e. The van der Waals surface area contributed by atoms with E-state index in [1.165, 1.54) is 44.9 Å². The average molecular weight is 269 g/mol. The third-order valence-corrected chi connectivity index (χ3v) is 5.27. The Hall–Kier alpha value is 0. The summed E-state index contributed by atoms with van der Waals surface area (Å²) in [5.74, 6) is 1.73. The van der Waals surface area contributed by atoms with Crippen molar-refractivity contribution in [2.24, 2.45) is 22.7 Å². The van der Waals surface area contributed by atoms with E-state index in [1.54, 1.807) is 0 Å². The Bertz CT molecular complexity index is 224. The van der Waals surface area contributed by atoms with Gasteiger partial charge in [0.2, 0.25) is 0 Å². The zero-order valence-corrected chi connectivity index (χ0v) is 15.1. The van der Waals surface area contributed by atoms with Gasteiger partial charge in [-0.2, -0.15) is 0 Å². The summed E-state index contributed by atoms with van der Waals surface area (Å²) in [7, 11) is 0. The zero-order valence-electron chi connectivity index (χ0n) is 15.1. The van der Waals surface area contributed by atoms with Crippen LogP contribution in [0.2, 0.25) is 0 Å². The maximum absolute atomic E-state index is 2.48. The predicted molar refractivity (Wildman–Crippen MR) is 89.6 cm³/mol. The highest BCUT2D eigenvalue weighted by atomic mass is 14.4. The Labute approximate surface area is 123 Å². The molecule has 0 nitrogen and oxygen atoms in total. The maximum Gasteiger partial charge on any atom is -0.0323 e. The molecule has 0 N–H and O–H groups in total. The van der Waals surface area contributed by atoms with Crippen molar-refractivity contribution in [3.8, 4) is 0 Å². The average Bonchev–Trinajstić information content (AvgIpc) is 2.31. The first-order valence-electron chi connectivity index (χ1n) is 8.64. The van der Waals surface area contributed by atoms with E-state index in [4.69, 9.17) is 0 Å². The number of hydrogen-bond donors (Lipinski definition) is 0. The third-order valence-electron chi connectivity index (χ3n) is 5.27. The second-order valence-corrected chi connectivity index (χ2v) is 8.42. The number of hydrogen-bond acceptors (Lipinski definition) is 0. The Morgan fingerprint density at radius 2 is 1.47 bits per heavy atom. The summed E-state index contributed by atoms with van der Waals surface area (Å²) < 4.78 is 0. The van der Waals surface area contributed by atoms with Gasteiger partial charge < -0.3 is 0 Å². The van der Waals surface area contributed by atoms with Crippen molar-refractivity contribution >= 4 is 0 Å². The quantitative estimate of drug-likeness (QED) is 0.397. The number of unbranched alkanes of at least 4 members (excludes halogenated alkanes) is 1. The van der Waals surface area contributed by atoms with Crippen molar-refractivity contribution in [2.45, 2.75) is 100 Å². The highest BCUT2D eigenvalue weighted by molar-refractivity contribution is 4.83. The molecule has 0 amide bonds. The fraction of sp³-hybridized carbons (Fsp3) is 1.00. The van der Waals surface area contributed by atoms with Crippen LogP contribution in [0.4, 0.5) is 0 Å². The summed E-state index contributed by atoms with van der Waals surface area (Å²) in [6.45, 7) is 19.4. The van der Waals surface area contributed by atoms with E-state index in [0.717, 1.165) is 11.8 Å². The van der Waals surface area contributed by atoms with Gasteiger partial charge in [0.15, 0.2) is 0 Å². The fourth-order valence-electron chi connectivity index (χ4n) is 3.24. The van der Waals surface area contributed by atoms with Gasteiger partial charge in [0, 0.05) is 0 Å². The van der Waals surface area contributed by atoms with Crippen LogP contribution in [-0.4, -0.2) is 0 Å². The minimum atomic E-state index is 0.480. The Morgan fingerprint density at radius 3 is 1.95 bits per heavy atom. The maximum atomic E-state index is 2.48. The van der Waals surface area contributed by atoms with Crippen LogP contribution in [0.1, 0.15) is 100 Å². The standard InChI is InChI=1S/C19H40/c1-9-11-12-17(4)19(7,8)15-18(5,6)14-13-16(3)10-2/h16-17H,9-15H2,1-8H3. The molecule has 0 saturated carbocycles. The van der Waals surface area contributed by atoms with Crippen LogP contribution in [0.25, 0.3) is 0 Å². The fourth-order valence-corrected chi connectivity index (χ4v) is 3.24. The third kappa shape index (κ3) is 8.00. The highest BCUT2D eigenvalue weighted by Crippen LogP contribution is 2.43. The van der Waals surface area contributed by atoms with E-state index in [1.807, 2.05) is 0 Å². The van der Waals surface area contributed by atoms with Crippen LogP contribution < -0.4 is 0 Å². The minimum absolute atomic E-state index is 0.480. The first-order chi connectivity index (χ1) is 8.64. The van der Waals surface area contributed by atoms with Crippen molar-refractivity contribution in [3.05, 3.63) is 0 Å². The molecule has 116 valence electrons. The molecule has 19 heavy (non-hydrogen) atoms. The molecule has 2 atom stereocenters. The van der Waals surface area contributed by atoms with Gasteiger partial charge in [-0.1, -0.05) is 87.5 Å². The molecule has 2 unspecified atom stereocenters. The van der Waals surface area contributed by atoms with Gasteiger partial charge in [-0.05, 0) is 35.5 Å². The molecular weight excluding hydrogens is 228 g/mol. The molecule has 0 aromatic heterocycles. The summed E-state index contributed by atoms with van der Waals surface area (Å²) in [5, 5.41) is 0. The lowest BCUT2D eigenvalue weighted by atomic mass is 9.66. The van der Waals surface area contributed by atoms with Crippen molar-refractivity contribution in [1.29, 1.82) is 0 Å². The molecule has 0 radical (unpaired) electrons. The molecule has 0 bridgehead atoms. The van der Waals surface area contributed by atoms with Crippen LogP contribution in [-0.2, 0) is 0 Å².